The number of ether oxygens (including phenoxy) is 1. The fourth-order valence-corrected chi connectivity index (χ4v) is 12.4. The molecule has 5 saturated carbocycles. The number of rotatable bonds is 7. The predicted octanol–water partition coefficient (Wildman–Crippen LogP) is 6.57. The molecule has 5 rings (SSSR count). The van der Waals surface area contributed by atoms with Crippen molar-refractivity contribution in [3.05, 3.63) is 0 Å². The van der Waals surface area contributed by atoms with E-state index in [4.69, 9.17) is 4.74 Å². The zero-order chi connectivity index (χ0) is 30.9. The van der Waals surface area contributed by atoms with Crippen molar-refractivity contribution in [2.75, 3.05) is 6.54 Å². The molecule has 0 bridgehead atoms. The molecule has 0 saturated heterocycles. The van der Waals surface area contributed by atoms with E-state index in [0.717, 1.165) is 64.2 Å². The van der Waals surface area contributed by atoms with Gasteiger partial charge in [0.2, 0.25) is 5.91 Å². The Kier molecular flexibility index (Phi) is 7.96. The number of amides is 1. The van der Waals surface area contributed by atoms with Gasteiger partial charge in [-0.15, -0.1) is 0 Å². The van der Waals surface area contributed by atoms with Crippen LogP contribution in [-0.2, 0) is 23.9 Å². The van der Waals surface area contributed by atoms with Gasteiger partial charge in [-0.05, 0) is 117 Å². The van der Waals surface area contributed by atoms with Crippen LogP contribution in [0.25, 0.3) is 0 Å². The van der Waals surface area contributed by atoms with Crippen LogP contribution in [0.3, 0.4) is 0 Å². The van der Waals surface area contributed by atoms with Crippen LogP contribution < -0.4 is 5.32 Å². The van der Waals surface area contributed by atoms with Gasteiger partial charge >= 0.3 is 11.9 Å². The van der Waals surface area contributed by atoms with Crippen molar-refractivity contribution < 1.29 is 29.0 Å². The molecule has 236 valence electrons. The second-order valence-electron chi connectivity index (χ2n) is 16.3. The molecule has 0 heterocycles. The van der Waals surface area contributed by atoms with Crippen LogP contribution in [0.4, 0.5) is 0 Å². The number of Topliss-reactive ketones (excluding diaryl/α,β-unsaturated/α-hetero) is 1. The van der Waals surface area contributed by atoms with Crippen LogP contribution in [0.1, 0.15) is 126 Å². The second-order valence-corrected chi connectivity index (χ2v) is 16.3. The fraction of sp³-hybridized carbons (Fsp3) is 0.886. The van der Waals surface area contributed by atoms with Gasteiger partial charge in [0.1, 0.15) is 18.4 Å². The summed E-state index contributed by atoms with van der Waals surface area (Å²) in [4.78, 5) is 50.7. The van der Waals surface area contributed by atoms with Gasteiger partial charge in [-0.25, -0.2) is 0 Å². The topological polar surface area (TPSA) is 110 Å². The number of hydrogen-bond donors (Lipinski definition) is 2. The third-order valence-electron chi connectivity index (χ3n) is 14.5. The number of nitrogens with one attached hydrogen (secondary N) is 1. The fourth-order valence-electron chi connectivity index (χ4n) is 12.4. The second kappa shape index (κ2) is 10.6. The van der Waals surface area contributed by atoms with Gasteiger partial charge in [0.05, 0.1) is 5.41 Å². The lowest BCUT2D eigenvalue weighted by Gasteiger charge is -2.72. The van der Waals surface area contributed by atoms with Crippen LogP contribution in [0.15, 0.2) is 0 Å². The van der Waals surface area contributed by atoms with Crippen LogP contribution in [0, 0.1) is 56.7 Å². The summed E-state index contributed by atoms with van der Waals surface area (Å²) in [5, 5.41) is 12.0. The number of fused-ring (bicyclic) bond motifs is 7. The molecule has 1 amide bonds. The number of hydrogen-bond acceptors (Lipinski definition) is 5. The van der Waals surface area contributed by atoms with Crippen molar-refractivity contribution in [3.63, 3.8) is 0 Å². The molecule has 0 aromatic carbocycles. The average molecular weight is 586 g/mol. The first-order valence-electron chi connectivity index (χ1n) is 16.8. The summed E-state index contributed by atoms with van der Waals surface area (Å²) in [6, 6.07) is 0. The lowest BCUT2D eigenvalue weighted by Crippen LogP contribution is -2.67. The molecule has 2 N–H and O–H groups in total. The highest BCUT2D eigenvalue weighted by atomic mass is 16.5. The first kappa shape index (κ1) is 31.5. The third kappa shape index (κ3) is 4.40. The van der Waals surface area contributed by atoms with Gasteiger partial charge < -0.3 is 15.2 Å². The smallest absolute Gasteiger partial charge is 0.322 e. The lowest BCUT2D eigenvalue weighted by atomic mass is 9.32. The van der Waals surface area contributed by atoms with Gasteiger partial charge in [0, 0.05) is 17.8 Å². The van der Waals surface area contributed by atoms with Gasteiger partial charge in [0.15, 0.2) is 0 Å². The molecule has 0 spiro atoms. The first-order chi connectivity index (χ1) is 19.6. The van der Waals surface area contributed by atoms with E-state index in [9.17, 15) is 24.3 Å². The van der Waals surface area contributed by atoms with Crippen molar-refractivity contribution in [1.82, 2.24) is 5.32 Å². The van der Waals surface area contributed by atoms with Crippen molar-refractivity contribution in [2.45, 2.75) is 132 Å². The van der Waals surface area contributed by atoms with Gasteiger partial charge in [-0.2, -0.15) is 0 Å². The molecule has 10 atom stereocenters. The summed E-state index contributed by atoms with van der Waals surface area (Å²) in [6.07, 6.45) is 10.6. The van der Waals surface area contributed by atoms with Crippen LogP contribution in [-0.4, -0.2) is 41.4 Å². The van der Waals surface area contributed by atoms with E-state index < -0.39 is 11.4 Å². The highest BCUT2D eigenvalue weighted by molar-refractivity contribution is 5.89. The molecule has 7 heteroatoms. The Morgan fingerprint density at radius 3 is 2.19 bits per heavy atom. The maximum absolute atomic E-state index is 13.8. The van der Waals surface area contributed by atoms with E-state index in [0.29, 0.717) is 24.7 Å². The highest BCUT2D eigenvalue weighted by Gasteiger charge is 2.72. The van der Waals surface area contributed by atoms with Crippen molar-refractivity contribution >= 4 is 23.6 Å². The summed E-state index contributed by atoms with van der Waals surface area (Å²) < 4.78 is 6.11. The molecule has 42 heavy (non-hydrogen) atoms. The molecular weight excluding hydrogens is 530 g/mol. The Hall–Kier alpha value is -1.92. The molecule has 0 unspecified atom stereocenters. The minimum atomic E-state index is -1.03. The van der Waals surface area contributed by atoms with Crippen molar-refractivity contribution in [1.29, 1.82) is 0 Å². The molecule has 7 nitrogen and oxygen atoms in total. The van der Waals surface area contributed by atoms with Crippen molar-refractivity contribution in [3.8, 4) is 0 Å². The van der Waals surface area contributed by atoms with Crippen LogP contribution in [0.5, 0.6) is 0 Å². The third-order valence-corrected chi connectivity index (χ3v) is 14.5. The summed E-state index contributed by atoms with van der Waals surface area (Å²) in [6.45, 7) is 15.5. The zero-order valence-corrected chi connectivity index (χ0v) is 27.1. The molecule has 5 fully saturated rings. The number of carboxylic acids is 1. The quantitative estimate of drug-likeness (QED) is 0.327. The van der Waals surface area contributed by atoms with E-state index in [1.165, 1.54) is 0 Å². The Morgan fingerprint density at radius 2 is 1.55 bits per heavy atom. The minimum Gasteiger partial charge on any atom is -0.480 e. The summed E-state index contributed by atoms with van der Waals surface area (Å²) >= 11 is 0. The van der Waals surface area contributed by atoms with Gasteiger partial charge in [-0.3, -0.25) is 19.2 Å². The number of carbonyl (C=O) groups excluding carboxylic acids is 3. The monoisotopic (exact) mass is 585 g/mol. The van der Waals surface area contributed by atoms with E-state index >= 15 is 0 Å². The highest BCUT2D eigenvalue weighted by Crippen LogP contribution is 2.77. The number of aliphatic carboxylic acids is 1. The molecule has 5 aliphatic carbocycles. The Bertz CT molecular complexity index is 1130. The van der Waals surface area contributed by atoms with Crippen LogP contribution in [0.2, 0.25) is 0 Å². The maximum Gasteiger partial charge on any atom is 0.322 e. The van der Waals surface area contributed by atoms with E-state index in [-0.39, 0.29) is 69.7 Å². The SMILES string of the molecule is CCCC(=O)O[C@@H]1CC[C@]2(C)[C@H]3CC[C@@H]4[C@H]5[C@H](C(C)=O)CC[C@]5(C(=O)NCC(=O)O)CC[C@@]4(C)[C@]3(C)CC[C@H]2C1(C)C. The Morgan fingerprint density at radius 1 is 0.833 bits per heavy atom. The standard InChI is InChI=1S/C35H55NO6/c1-8-9-28(40)42-26-14-15-32(5)24(31(26,3)4)13-16-34(7)25(32)11-10-23-29-22(21(2)37)12-17-35(29,19-18-33(23,34)6)30(41)36-20-27(38)39/h22-26,29H,8-20H2,1-7H3,(H,36,41)(H,38,39)/t22-,23+,24-,25+,26+,29+,32-,33+,34+,35-/m0/s1. The summed E-state index contributed by atoms with van der Waals surface area (Å²) in [5.74, 6) is 0.0226. The Labute approximate surface area is 252 Å². The van der Waals surface area contributed by atoms with Crippen molar-refractivity contribution in [2.24, 2.45) is 56.7 Å². The number of carbonyl (C=O) groups is 4. The summed E-state index contributed by atoms with van der Waals surface area (Å²) in [7, 11) is 0. The number of ketones is 1. The molecule has 0 radical (unpaired) electrons. The zero-order valence-electron chi connectivity index (χ0n) is 27.1. The van der Waals surface area contributed by atoms with E-state index in [2.05, 4.69) is 39.9 Å². The molecular formula is C35H55NO6. The molecule has 5 aliphatic rings. The minimum absolute atomic E-state index is 0.00222. The number of esters is 1. The van der Waals surface area contributed by atoms with Gasteiger partial charge in [0.25, 0.3) is 0 Å². The number of carboxylic acid groups (broad SMARTS) is 1. The average Bonchev–Trinajstić information content (AvgIpc) is 3.31. The first-order valence-corrected chi connectivity index (χ1v) is 16.8. The van der Waals surface area contributed by atoms with Crippen LogP contribution >= 0.6 is 0 Å². The molecule has 0 aromatic heterocycles. The maximum atomic E-state index is 13.8. The Balaban J connectivity index is 1.46. The molecule has 0 aliphatic heterocycles. The van der Waals surface area contributed by atoms with E-state index in [1.54, 1.807) is 6.92 Å². The summed E-state index contributed by atoms with van der Waals surface area (Å²) in [5.41, 5.74) is -0.525. The predicted molar refractivity (Wildman–Crippen MR) is 160 cm³/mol. The van der Waals surface area contributed by atoms with Gasteiger partial charge in [-0.1, -0.05) is 41.5 Å². The molecule has 0 aromatic rings. The van der Waals surface area contributed by atoms with E-state index in [1.807, 2.05) is 6.92 Å². The lowest BCUT2D eigenvalue weighted by molar-refractivity contribution is -0.249. The normalized spacial score (nSPS) is 45.4. The largest absolute Gasteiger partial charge is 0.480 e.